The number of aryl methyl sites for hydroxylation is 2. The molecule has 8 heteroatoms. The Labute approximate surface area is 209 Å². The molecule has 2 aliphatic heterocycles. The van der Waals surface area contributed by atoms with Gasteiger partial charge in [0.25, 0.3) is 11.8 Å². The average Bonchev–Trinajstić information content (AvgIpc) is 3.23. The van der Waals surface area contributed by atoms with E-state index in [4.69, 9.17) is 12.2 Å². The maximum atomic E-state index is 13.5. The first-order valence-electron chi connectivity index (χ1n) is 11.4. The Balaban J connectivity index is 1.60. The van der Waals surface area contributed by atoms with E-state index in [1.807, 2.05) is 50.2 Å². The van der Waals surface area contributed by atoms with Gasteiger partial charge in [-0.2, -0.15) is 0 Å². The Morgan fingerprint density at radius 3 is 2.53 bits per heavy atom. The number of carbonyl (C=O) groups is 3. The zero-order valence-corrected chi connectivity index (χ0v) is 21.1. The van der Waals surface area contributed by atoms with Crippen molar-refractivity contribution in [3.8, 4) is 0 Å². The summed E-state index contributed by atoms with van der Waals surface area (Å²) < 4.78 is 0.472. The zero-order chi connectivity index (χ0) is 24.4. The summed E-state index contributed by atoms with van der Waals surface area (Å²) in [6.45, 7) is 6.42. The van der Waals surface area contributed by atoms with E-state index in [1.165, 1.54) is 16.7 Å². The zero-order valence-electron chi connectivity index (χ0n) is 19.5. The monoisotopic (exact) mass is 493 g/mol. The number of benzene rings is 2. The number of para-hydroxylation sites is 1. The molecule has 1 saturated heterocycles. The number of rotatable bonds is 7. The number of hydrogen-bond acceptors (Lipinski definition) is 5. The third kappa shape index (κ3) is 4.65. The highest BCUT2D eigenvalue weighted by molar-refractivity contribution is 8.26. The number of carbonyl (C=O) groups excluding carboxylic acids is 3. The van der Waals surface area contributed by atoms with Crippen LogP contribution in [-0.4, -0.2) is 40.0 Å². The van der Waals surface area contributed by atoms with Crippen molar-refractivity contribution in [1.29, 1.82) is 0 Å². The number of fused-ring (bicyclic) bond motifs is 1. The van der Waals surface area contributed by atoms with E-state index in [0.29, 0.717) is 38.3 Å². The highest BCUT2D eigenvalue weighted by Crippen LogP contribution is 2.44. The first-order valence-corrected chi connectivity index (χ1v) is 12.6. The quantitative estimate of drug-likeness (QED) is 0.332. The van der Waals surface area contributed by atoms with Crippen LogP contribution in [0.15, 0.2) is 47.4 Å². The van der Waals surface area contributed by atoms with E-state index in [1.54, 1.807) is 11.0 Å². The van der Waals surface area contributed by atoms with Crippen LogP contribution < -0.4 is 10.2 Å². The molecule has 0 bridgehead atoms. The minimum atomic E-state index is -0.356. The van der Waals surface area contributed by atoms with Crippen molar-refractivity contribution in [2.75, 3.05) is 23.3 Å². The van der Waals surface area contributed by atoms with Crippen molar-refractivity contribution in [2.45, 2.75) is 40.0 Å². The summed E-state index contributed by atoms with van der Waals surface area (Å²) in [5.74, 6) is -0.889. The van der Waals surface area contributed by atoms with Gasteiger partial charge >= 0.3 is 0 Å². The van der Waals surface area contributed by atoms with Gasteiger partial charge in [0.05, 0.1) is 16.2 Å². The number of thioether (sulfide) groups is 1. The summed E-state index contributed by atoms with van der Waals surface area (Å²) in [6.07, 6.45) is 2.91. The first-order chi connectivity index (χ1) is 16.3. The number of nitrogens with one attached hydrogen (secondary N) is 1. The van der Waals surface area contributed by atoms with E-state index in [-0.39, 0.29) is 24.3 Å². The van der Waals surface area contributed by atoms with E-state index in [2.05, 4.69) is 12.2 Å². The molecule has 0 radical (unpaired) electrons. The number of nitrogens with zero attached hydrogens (tertiary/aromatic N) is 2. The average molecular weight is 494 g/mol. The topological polar surface area (TPSA) is 69.7 Å². The molecule has 0 aliphatic carbocycles. The van der Waals surface area contributed by atoms with Gasteiger partial charge < -0.3 is 5.32 Å². The van der Waals surface area contributed by atoms with Crippen LogP contribution in [0.1, 0.15) is 42.9 Å². The van der Waals surface area contributed by atoms with Crippen LogP contribution in [0.5, 0.6) is 0 Å². The van der Waals surface area contributed by atoms with Crippen LogP contribution in [0.4, 0.5) is 11.4 Å². The Morgan fingerprint density at radius 2 is 1.79 bits per heavy atom. The van der Waals surface area contributed by atoms with E-state index >= 15 is 0 Å². The van der Waals surface area contributed by atoms with Gasteiger partial charge in [0.15, 0.2) is 0 Å². The second-order valence-electron chi connectivity index (χ2n) is 8.51. The van der Waals surface area contributed by atoms with Crippen LogP contribution in [-0.2, 0) is 14.4 Å². The Morgan fingerprint density at radius 1 is 1.03 bits per heavy atom. The summed E-state index contributed by atoms with van der Waals surface area (Å²) in [4.78, 5) is 43.0. The van der Waals surface area contributed by atoms with Crippen LogP contribution in [0.2, 0.25) is 0 Å². The van der Waals surface area contributed by atoms with Crippen molar-refractivity contribution < 1.29 is 14.4 Å². The fourth-order valence-electron chi connectivity index (χ4n) is 4.21. The predicted octanol–water partition coefficient (Wildman–Crippen LogP) is 5.05. The summed E-state index contributed by atoms with van der Waals surface area (Å²) in [6, 6.07) is 13.0. The van der Waals surface area contributed by atoms with Gasteiger partial charge in [-0.1, -0.05) is 79.6 Å². The van der Waals surface area contributed by atoms with Gasteiger partial charge in [-0.3, -0.25) is 24.2 Å². The summed E-state index contributed by atoms with van der Waals surface area (Å²) in [5.41, 5.74) is 4.37. The second kappa shape index (κ2) is 10.1. The molecule has 176 valence electrons. The van der Waals surface area contributed by atoms with Crippen molar-refractivity contribution in [3.63, 3.8) is 0 Å². The number of thiocarbonyl (C=S) groups is 1. The Hall–Kier alpha value is -2.97. The predicted molar refractivity (Wildman–Crippen MR) is 142 cm³/mol. The molecule has 3 amide bonds. The molecule has 2 aromatic carbocycles. The van der Waals surface area contributed by atoms with Gasteiger partial charge in [-0.25, -0.2) is 0 Å². The third-order valence-electron chi connectivity index (χ3n) is 5.94. The molecule has 2 aliphatic rings. The molecule has 2 aromatic rings. The maximum Gasteiger partial charge on any atom is 0.267 e. The van der Waals surface area contributed by atoms with Gasteiger partial charge in [-0.05, 0) is 38.0 Å². The van der Waals surface area contributed by atoms with Gasteiger partial charge in [0, 0.05) is 17.8 Å². The lowest BCUT2D eigenvalue weighted by Gasteiger charge is -2.17. The SMILES string of the molecule is CCCCCN1C(=O)C(=C2C(=O)N(CC(=O)Nc3ccc(C)cc3C)c3ccccc32)SC1=S. The standard InChI is InChI=1S/C26H27N3O3S2/c1-4-5-8-13-28-25(32)23(34-26(28)33)22-18-9-6-7-10-20(18)29(24(22)31)15-21(30)27-19-12-11-16(2)14-17(19)3/h6-7,9-12,14H,4-5,8,13,15H2,1-3H3,(H,27,30). The molecule has 6 nitrogen and oxygen atoms in total. The summed E-state index contributed by atoms with van der Waals surface area (Å²) >= 11 is 6.63. The molecule has 34 heavy (non-hydrogen) atoms. The van der Waals surface area contributed by atoms with Crippen LogP contribution in [0, 0.1) is 13.8 Å². The number of anilines is 2. The molecule has 0 spiro atoms. The lowest BCUT2D eigenvalue weighted by molar-refractivity contribution is -0.122. The van der Waals surface area contributed by atoms with Gasteiger partial charge in [-0.15, -0.1) is 0 Å². The van der Waals surface area contributed by atoms with E-state index in [9.17, 15) is 14.4 Å². The fraction of sp³-hybridized carbons (Fsp3) is 0.308. The summed E-state index contributed by atoms with van der Waals surface area (Å²) in [7, 11) is 0. The fourth-order valence-corrected chi connectivity index (χ4v) is 5.59. The van der Waals surface area contributed by atoms with Gasteiger partial charge in [0.2, 0.25) is 5.91 Å². The molecule has 1 N–H and O–H groups in total. The van der Waals surface area contributed by atoms with Crippen LogP contribution >= 0.6 is 24.0 Å². The molecule has 0 atom stereocenters. The van der Waals surface area contributed by atoms with Crippen LogP contribution in [0.25, 0.3) is 5.57 Å². The van der Waals surface area contributed by atoms with Gasteiger partial charge in [0.1, 0.15) is 10.9 Å². The van der Waals surface area contributed by atoms with Crippen molar-refractivity contribution in [2.24, 2.45) is 0 Å². The molecule has 0 unspecified atom stereocenters. The number of hydrogen-bond donors (Lipinski definition) is 1. The first kappa shape index (κ1) is 24.2. The Bertz CT molecular complexity index is 1220. The number of amides is 3. The molecular weight excluding hydrogens is 466 g/mol. The third-order valence-corrected chi connectivity index (χ3v) is 7.39. The van der Waals surface area contributed by atoms with Crippen molar-refractivity contribution in [3.05, 3.63) is 64.1 Å². The largest absolute Gasteiger partial charge is 0.324 e. The normalized spacial score (nSPS) is 17.6. The Kier molecular flexibility index (Phi) is 7.19. The van der Waals surface area contributed by atoms with Crippen molar-refractivity contribution in [1.82, 2.24) is 4.90 Å². The highest BCUT2D eigenvalue weighted by Gasteiger charge is 2.42. The lowest BCUT2D eigenvalue weighted by atomic mass is 10.1. The molecule has 2 heterocycles. The molecule has 1 fully saturated rings. The maximum absolute atomic E-state index is 13.5. The van der Waals surface area contributed by atoms with E-state index < -0.39 is 0 Å². The van der Waals surface area contributed by atoms with Crippen LogP contribution in [0.3, 0.4) is 0 Å². The minimum Gasteiger partial charge on any atom is -0.324 e. The molecule has 0 aromatic heterocycles. The number of unbranched alkanes of at least 4 members (excludes halogenated alkanes) is 2. The minimum absolute atomic E-state index is 0.149. The second-order valence-corrected chi connectivity index (χ2v) is 10.2. The lowest BCUT2D eigenvalue weighted by Crippen LogP contribution is -2.35. The smallest absolute Gasteiger partial charge is 0.267 e. The molecule has 4 rings (SSSR count). The molecule has 0 saturated carbocycles. The van der Waals surface area contributed by atoms with Crippen molar-refractivity contribution >= 4 is 63.0 Å². The summed E-state index contributed by atoms with van der Waals surface area (Å²) in [5, 5.41) is 2.90. The van der Waals surface area contributed by atoms with E-state index in [0.717, 1.165) is 30.4 Å². The highest BCUT2D eigenvalue weighted by atomic mass is 32.2. The molecular formula is C26H27N3O3S2.